The van der Waals surface area contributed by atoms with E-state index in [0.717, 1.165) is 32.6 Å². The third kappa shape index (κ3) is 5.18. The van der Waals surface area contributed by atoms with Crippen molar-refractivity contribution in [2.75, 3.05) is 26.7 Å². The number of rotatable bonds is 6. The first-order valence-corrected chi connectivity index (χ1v) is 9.76. The van der Waals surface area contributed by atoms with Gasteiger partial charge in [0.05, 0.1) is 12.7 Å². The molecule has 0 saturated carbocycles. The van der Waals surface area contributed by atoms with Crippen molar-refractivity contribution in [3.05, 3.63) is 71.3 Å². The molecule has 0 amide bonds. The lowest BCUT2D eigenvalue weighted by Crippen LogP contribution is -2.56. The molecule has 27 heavy (non-hydrogen) atoms. The Morgan fingerprint density at radius 1 is 0.963 bits per heavy atom. The van der Waals surface area contributed by atoms with Gasteiger partial charge in [0.25, 0.3) is 0 Å². The van der Waals surface area contributed by atoms with Gasteiger partial charge in [0.1, 0.15) is 0 Å². The monoisotopic (exact) mass is 366 g/mol. The molecule has 144 valence electrons. The number of hydrogen-bond donors (Lipinski definition) is 0. The quantitative estimate of drug-likeness (QED) is 0.731. The lowest BCUT2D eigenvalue weighted by Gasteiger charge is -2.44. The van der Waals surface area contributed by atoms with Crippen LogP contribution in [0.25, 0.3) is 0 Å². The van der Waals surface area contributed by atoms with E-state index in [1.807, 2.05) is 24.3 Å². The second kappa shape index (κ2) is 9.16. The highest BCUT2D eigenvalue weighted by molar-refractivity contribution is 5.89. The van der Waals surface area contributed by atoms with Crippen molar-refractivity contribution in [1.29, 1.82) is 0 Å². The minimum Gasteiger partial charge on any atom is -0.465 e. The predicted molar refractivity (Wildman–Crippen MR) is 109 cm³/mol. The summed E-state index contributed by atoms with van der Waals surface area (Å²) in [5.74, 6) is -0.282. The van der Waals surface area contributed by atoms with E-state index >= 15 is 0 Å². The molecule has 4 heteroatoms. The molecule has 1 aliphatic rings. The van der Waals surface area contributed by atoms with E-state index in [-0.39, 0.29) is 5.97 Å². The number of methoxy groups -OCH3 is 1. The molecule has 0 N–H and O–H groups in total. The number of nitrogens with zero attached hydrogens (tertiary/aromatic N) is 2. The first-order valence-electron chi connectivity index (χ1n) is 9.76. The normalized spacial score (nSPS) is 21.1. The molecular formula is C23H30N2O2. The number of carbonyl (C=O) groups is 1. The largest absolute Gasteiger partial charge is 0.465 e. The molecule has 2 aromatic rings. The van der Waals surface area contributed by atoms with Crippen LogP contribution in [0.5, 0.6) is 0 Å². The van der Waals surface area contributed by atoms with E-state index < -0.39 is 0 Å². The van der Waals surface area contributed by atoms with Gasteiger partial charge in [0.2, 0.25) is 0 Å². The standard InChI is InChI=1S/C23H30N2O2/c1-18-15-24(14-13-20-7-5-4-6-8-20)16-19(2)25(18)17-21-9-11-22(12-10-21)23(26)27-3/h4-12,18-19H,13-17H2,1-3H3/t18-,19+. The average Bonchev–Trinajstić information content (AvgIpc) is 2.70. The van der Waals surface area contributed by atoms with Crippen molar-refractivity contribution < 1.29 is 9.53 Å². The molecule has 3 rings (SSSR count). The Morgan fingerprint density at radius 3 is 2.19 bits per heavy atom. The molecule has 0 spiro atoms. The van der Waals surface area contributed by atoms with Crippen molar-refractivity contribution in [3.63, 3.8) is 0 Å². The van der Waals surface area contributed by atoms with Crippen LogP contribution in [0.4, 0.5) is 0 Å². The molecular weight excluding hydrogens is 336 g/mol. The van der Waals surface area contributed by atoms with Gasteiger partial charge < -0.3 is 4.74 Å². The number of piperazine rings is 1. The van der Waals surface area contributed by atoms with Gasteiger partial charge in [0.15, 0.2) is 0 Å². The Morgan fingerprint density at radius 2 is 1.59 bits per heavy atom. The maximum Gasteiger partial charge on any atom is 0.337 e. The lowest BCUT2D eigenvalue weighted by atomic mass is 10.0. The van der Waals surface area contributed by atoms with Gasteiger partial charge in [-0.1, -0.05) is 42.5 Å². The van der Waals surface area contributed by atoms with Crippen LogP contribution in [0, 0.1) is 0 Å². The fourth-order valence-electron chi connectivity index (χ4n) is 3.97. The smallest absolute Gasteiger partial charge is 0.337 e. The molecule has 1 saturated heterocycles. The average molecular weight is 367 g/mol. The second-order valence-corrected chi connectivity index (χ2v) is 7.55. The zero-order valence-electron chi connectivity index (χ0n) is 16.6. The highest BCUT2D eigenvalue weighted by atomic mass is 16.5. The van der Waals surface area contributed by atoms with Crippen LogP contribution in [0.3, 0.4) is 0 Å². The second-order valence-electron chi connectivity index (χ2n) is 7.55. The predicted octanol–water partition coefficient (Wildman–Crippen LogP) is 3.61. The van der Waals surface area contributed by atoms with Gasteiger partial charge in [-0.2, -0.15) is 0 Å². The minimum absolute atomic E-state index is 0.282. The molecule has 1 heterocycles. The molecule has 4 nitrogen and oxygen atoms in total. The maximum absolute atomic E-state index is 11.6. The van der Waals surface area contributed by atoms with Crippen LogP contribution in [0.2, 0.25) is 0 Å². The van der Waals surface area contributed by atoms with Gasteiger partial charge in [0, 0.05) is 38.3 Å². The highest BCUT2D eigenvalue weighted by Crippen LogP contribution is 2.20. The topological polar surface area (TPSA) is 32.8 Å². The summed E-state index contributed by atoms with van der Waals surface area (Å²) in [6.45, 7) is 8.84. The Hall–Kier alpha value is -2.17. The summed E-state index contributed by atoms with van der Waals surface area (Å²) in [5.41, 5.74) is 3.25. The number of esters is 1. The van der Waals surface area contributed by atoms with Crippen LogP contribution in [-0.2, 0) is 17.7 Å². The van der Waals surface area contributed by atoms with E-state index in [1.54, 1.807) is 0 Å². The van der Waals surface area contributed by atoms with E-state index in [0.29, 0.717) is 17.6 Å². The number of ether oxygens (including phenoxy) is 1. The van der Waals surface area contributed by atoms with Crippen molar-refractivity contribution in [2.45, 2.75) is 38.9 Å². The van der Waals surface area contributed by atoms with Gasteiger partial charge >= 0.3 is 5.97 Å². The third-order valence-electron chi connectivity index (χ3n) is 5.48. The molecule has 1 aliphatic heterocycles. The Labute approximate surface area is 162 Å². The summed E-state index contributed by atoms with van der Waals surface area (Å²) in [4.78, 5) is 16.7. The zero-order chi connectivity index (χ0) is 19.2. The molecule has 0 aliphatic carbocycles. The van der Waals surface area contributed by atoms with Gasteiger partial charge in [-0.15, -0.1) is 0 Å². The molecule has 0 bridgehead atoms. The summed E-state index contributed by atoms with van der Waals surface area (Å²) < 4.78 is 4.77. The Balaban J connectivity index is 1.55. The van der Waals surface area contributed by atoms with Crippen LogP contribution < -0.4 is 0 Å². The Bertz CT molecular complexity index is 718. The summed E-state index contributed by atoms with van der Waals surface area (Å²) in [6, 6.07) is 19.5. The van der Waals surface area contributed by atoms with Crippen molar-refractivity contribution >= 4 is 5.97 Å². The Kier molecular flexibility index (Phi) is 6.64. The summed E-state index contributed by atoms with van der Waals surface area (Å²) in [5, 5.41) is 0. The zero-order valence-corrected chi connectivity index (χ0v) is 16.6. The molecule has 0 unspecified atom stereocenters. The summed E-state index contributed by atoms with van der Waals surface area (Å²) in [7, 11) is 1.41. The van der Waals surface area contributed by atoms with Gasteiger partial charge in [-0.25, -0.2) is 4.79 Å². The number of carbonyl (C=O) groups excluding carboxylic acids is 1. The van der Waals surface area contributed by atoms with Crippen molar-refractivity contribution in [3.8, 4) is 0 Å². The molecule has 1 fully saturated rings. The van der Waals surface area contributed by atoms with E-state index in [1.165, 1.54) is 18.2 Å². The summed E-state index contributed by atoms with van der Waals surface area (Å²) >= 11 is 0. The third-order valence-corrected chi connectivity index (χ3v) is 5.48. The van der Waals surface area contributed by atoms with Crippen LogP contribution in [0.1, 0.15) is 35.3 Å². The molecule has 2 atom stereocenters. The molecule has 0 radical (unpaired) electrons. The first-order chi connectivity index (χ1) is 13.1. The van der Waals surface area contributed by atoms with Crippen LogP contribution in [0.15, 0.2) is 54.6 Å². The number of hydrogen-bond acceptors (Lipinski definition) is 4. The highest BCUT2D eigenvalue weighted by Gasteiger charge is 2.29. The minimum atomic E-state index is -0.282. The lowest BCUT2D eigenvalue weighted by molar-refractivity contribution is 0.0334. The molecule has 0 aromatic heterocycles. The van der Waals surface area contributed by atoms with E-state index in [4.69, 9.17) is 4.74 Å². The fourth-order valence-corrected chi connectivity index (χ4v) is 3.97. The summed E-state index contributed by atoms with van der Waals surface area (Å²) in [6.07, 6.45) is 1.11. The van der Waals surface area contributed by atoms with Crippen LogP contribution >= 0.6 is 0 Å². The SMILES string of the molecule is COC(=O)c1ccc(CN2[C@H](C)CN(CCc3ccccc3)C[C@@H]2C)cc1. The van der Waals surface area contributed by atoms with Crippen LogP contribution in [-0.4, -0.2) is 54.6 Å². The maximum atomic E-state index is 11.6. The van der Waals surface area contributed by atoms with Crippen molar-refractivity contribution in [2.24, 2.45) is 0 Å². The molecule has 2 aromatic carbocycles. The fraction of sp³-hybridized carbons (Fsp3) is 0.435. The van der Waals surface area contributed by atoms with E-state index in [9.17, 15) is 4.79 Å². The van der Waals surface area contributed by atoms with Gasteiger partial charge in [-0.05, 0) is 43.5 Å². The first kappa shape index (κ1) is 19.6. The van der Waals surface area contributed by atoms with E-state index in [2.05, 4.69) is 54.0 Å². The number of benzene rings is 2. The van der Waals surface area contributed by atoms with Crippen molar-refractivity contribution in [1.82, 2.24) is 9.80 Å². The van der Waals surface area contributed by atoms with Gasteiger partial charge in [-0.3, -0.25) is 9.80 Å².